The van der Waals surface area contributed by atoms with E-state index in [4.69, 9.17) is 5.73 Å². The summed E-state index contributed by atoms with van der Waals surface area (Å²) >= 11 is 2.73. The maximum Gasteiger partial charge on any atom is 0.230 e. The number of hydrogen-bond acceptors (Lipinski definition) is 6. The van der Waals surface area contributed by atoms with Crippen LogP contribution in [-0.4, -0.2) is 27.9 Å². The van der Waals surface area contributed by atoms with E-state index >= 15 is 0 Å². The minimum atomic E-state index is 0.0864. The molecule has 7 heteroatoms. The van der Waals surface area contributed by atoms with Gasteiger partial charge in [0.25, 0.3) is 0 Å². The molecule has 0 unspecified atom stereocenters. The molecule has 21 heavy (non-hydrogen) atoms. The molecule has 3 N–H and O–H groups in total. The molecule has 2 fully saturated rings. The smallest absolute Gasteiger partial charge is 0.230 e. The maximum absolute atomic E-state index is 12.2. The summed E-state index contributed by atoms with van der Waals surface area (Å²) in [6, 6.07) is 0.304. The van der Waals surface area contributed by atoms with Gasteiger partial charge in [-0.1, -0.05) is 43.9 Å². The number of nitrogens with zero attached hydrogens (tertiary/aromatic N) is 2. The van der Waals surface area contributed by atoms with Crippen molar-refractivity contribution in [3.63, 3.8) is 0 Å². The maximum atomic E-state index is 12.2. The summed E-state index contributed by atoms with van der Waals surface area (Å²) < 4.78 is 0.752. The van der Waals surface area contributed by atoms with Gasteiger partial charge in [0, 0.05) is 6.04 Å². The molecule has 0 saturated heterocycles. The zero-order chi connectivity index (χ0) is 15.3. The molecule has 116 valence electrons. The number of nitrogens with one attached hydrogen (secondary N) is 1. The van der Waals surface area contributed by atoms with Crippen molar-refractivity contribution in [2.24, 2.45) is 16.7 Å². The van der Waals surface area contributed by atoms with Gasteiger partial charge in [0.15, 0.2) is 4.34 Å². The molecule has 0 radical (unpaired) electrons. The van der Waals surface area contributed by atoms with E-state index in [-0.39, 0.29) is 11.3 Å². The molecule has 2 saturated carbocycles. The monoisotopic (exact) mass is 326 g/mol. The van der Waals surface area contributed by atoms with Crippen LogP contribution in [0.4, 0.5) is 5.13 Å². The Bertz CT molecular complexity index is 559. The highest BCUT2D eigenvalue weighted by molar-refractivity contribution is 8.01. The minimum Gasteiger partial charge on any atom is -0.374 e. The summed E-state index contributed by atoms with van der Waals surface area (Å²) in [6.45, 7) is 7.05. The Morgan fingerprint density at radius 3 is 2.76 bits per heavy atom. The Morgan fingerprint density at radius 2 is 2.24 bits per heavy atom. The van der Waals surface area contributed by atoms with Crippen LogP contribution >= 0.6 is 23.1 Å². The third-order valence-electron chi connectivity index (χ3n) is 5.88. The third-order valence-corrected chi connectivity index (χ3v) is 7.76. The second-order valence-corrected chi connectivity index (χ2v) is 9.16. The first-order valence-corrected chi connectivity index (χ1v) is 9.14. The molecule has 1 aromatic heterocycles. The van der Waals surface area contributed by atoms with Crippen LogP contribution in [0.25, 0.3) is 0 Å². The van der Waals surface area contributed by atoms with Crippen molar-refractivity contribution in [1.29, 1.82) is 0 Å². The second-order valence-electron chi connectivity index (χ2n) is 6.93. The number of anilines is 1. The van der Waals surface area contributed by atoms with E-state index in [2.05, 4.69) is 36.3 Å². The molecule has 0 spiro atoms. The van der Waals surface area contributed by atoms with Crippen molar-refractivity contribution in [1.82, 2.24) is 15.5 Å². The Balaban J connectivity index is 1.56. The Hall–Kier alpha value is -0.820. The molecular weight excluding hydrogens is 304 g/mol. The number of fused-ring (bicyclic) bond motifs is 2. The average molecular weight is 326 g/mol. The summed E-state index contributed by atoms with van der Waals surface area (Å²) in [6.07, 6.45) is 3.63. The van der Waals surface area contributed by atoms with E-state index in [9.17, 15) is 4.79 Å². The quantitative estimate of drug-likeness (QED) is 0.831. The standard InChI is InChI=1S/C14H22N4OS2/c1-13(2)8-4-5-14(13,3)9(6-8)16-10(19)7-20-12-18-17-11(15)21-12/h8-9H,4-7H2,1-3H3,(H2,15,17)(H,16,19)/t8-,9-,14+/m0/s1. The summed E-state index contributed by atoms with van der Waals surface area (Å²) in [5.41, 5.74) is 6.09. The van der Waals surface area contributed by atoms with Gasteiger partial charge in [0.2, 0.25) is 11.0 Å². The number of hydrogen-bond donors (Lipinski definition) is 2. The van der Waals surface area contributed by atoms with Crippen molar-refractivity contribution < 1.29 is 4.79 Å². The number of nitrogen functional groups attached to an aromatic ring is 1. The van der Waals surface area contributed by atoms with E-state index in [1.807, 2.05) is 0 Å². The highest BCUT2D eigenvalue weighted by atomic mass is 32.2. The normalized spacial score (nSPS) is 33.3. The lowest BCUT2D eigenvalue weighted by Crippen LogP contribution is -2.47. The first-order chi connectivity index (χ1) is 9.83. The molecule has 3 rings (SSSR count). The van der Waals surface area contributed by atoms with Gasteiger partial charge in [-0.15, -0.1) is 10.2 Å². The molecule has 2 aliphatic rings. The van der Waals surface area contributed by atoms with Crippen LogP contribution in [0.3, 0.4) is 0 Å². The van der Waals surface area contributed by atoms with Gasteiger partial charge in [-0.25, -0.2) is 0 Å². The lowest BCUT2D eigenvalue weighted by atomic mass is 9.69. The fourth-order valence-corrected chi connectivity index (χ4v) is 5.51. The molecule has 2 bridgehead atoms. The van der Waals surface area contributed by atoms with Gasteiger partial charge in [0.1, 0.15) is 0 Å². The molecule has 5 nitrogen and oxygen atoms in total. The van der Waals surface area contributed by atoms with Crippen LogP contribution < -0.4 is 11.1 Å². The number of nitrogens with two attached hydrogens (primary N) is 1. The third kappa shape index (κ3) is 2.44. The summed E-state index contributed by atoms with van der Waals surface area (Å²) in [4.78, 5) is 12.2. The number of carbonyl (C=O) groups excluding carboxylic acids is 1. The van der Waals surface area contributed by atoms with Crippen LogP contribution in [0, 0.1) is 16.7 Å². The largest absolute Gasteiger partial charge is 0.374 e. The van der Waals surface area contributed by atoms with E-state index in [1.165, 1.54) is 35.9 Å². The Labute approximate surface area is 133 Å². The molecule has 1 heterocycles. The van der Waals surface area contributed by atoms with Crippen molar-refractivity contribution in [3.05, 3.63) is 0 Å². The van der Waals surface area contributed by atoms with Crippen LogP contribution in [0.1, 0.15) is 40.0 Å². The van der Waals surface area contributed by atoms with Crippen molar-refractivity contribution in [3.8, 4) is 0 Å². The van der Waals surface area contributed by atoms with Gasteiger partial charge in [-0.05, 0) is 36.0 Å². The molecule has 0 aromatic carbocycles. The van der Waals surface area contributed by atoms with Crippen LogP contribution in [-0.2, 0) is 4.79 Å². The SMILES string of the molecule is CC1(C)[C@H]2CC[C@]1(C)[C@@H](NC(=O)CSc1nnc(N)s1)C2. The predicted octanol–water partition coefficient (Wildman–Crippen LogP) is 2.54. The fraction of sp³-hybridized carbons (Fsp3) is 0.786. The Morgan fingerprint density at radius 1 is 1.48 bits per heavy atom. The highest BCUT2D eigenvalue weighted by Gasteiger charge is 2.61. The average Bonchev–Trinajstić information content (AvgIpc) is 2.98. The van der Waals surface area contributed by atoms with Crippen LogP contribution in [0.15, 0.2) is 4.34 Å². The topological polar surface area (TPSA) is 80.9 Å². The lowest BCUT2D eigenvalue weighted by Gasteiger charge is -2.39. The van der Waals surface area contributed by atoms with Gasteiger partial charge < -0.3 is 11.1 Å². The van der Waals surface area contributed by atoms with Gasteiger partial charge in [0.05, 0.1) is 5.75 Å². The summed E-state index contributed by atoms with van der Waals surface area (Å²) in [5.74, 6) is 1.21. The van der Waals surface area contributed by atoms with Crippen LogP contribution in [0.5, 0.6) is 0 Å². The van der Waals surface area contributed by atoms with Crippen LogP contribution in [0.2, 0.25) is 0 Å². The number of aromatic nitrogens is 2. The zero-order valence-corrected chi connectivity index (χ0v) is 14.3. The highest BCUT2D eigenvalue weighted by Crippen LogP contribution is 2.65. The van der Waals surface area contributed by atoms with Crippen molar-refractivity contribution in [2.75, 3.05) is 11.5 Å². The fourth-order valence-electron chi connectivity index (χ4n) is 4.06. The van der Waals surface area contributed by atoms with Crippen molar-refractivity contribution >= 4 is 34.1 Å². The van der Waals surface area contributed by atoms with E-state index in [1.54, 1.807) is 0 Å². The van der Waals surface area contributed by atoms with Gasteiger partial charge in [-0.3, -0.25) is 4.79 Å². The number of thioether (sulfide) groups is 1. The molecule has 1 amide bonds. The van der Waals surface area contributed by atoms with Gasteiger partial charge >= 0.3 is 0 Å². The first kappa shape index (κ1) is 15.1. The number of carbonyl (C=O) groups is 1. The lowest BCUT2D eigenvalue weighted by molar-refractivity contribution is -0.120. The number of amides is 1. The minimum absolute atomic E-state index is 0.0864. The summed E-state index contributed by atoms with van der Waals surface area (Å²) in [5, 5.41) is 11.4. The summed E-state index contributed by atoms with van der Waals surface area (Å²) in [7, 11) is 0. The molecule has 1 aromatic rings. The molecule has 2 aliphatic carbocycles. The molecule has 3 atom stereocenters. The van der Waals surface area contributed by atoms with E-state index < -0.39 is 0 Å². The first-order valence-electron chi connectivity index (χ1n) is 7.34. The van der Waals surface area contributed by atoms with E-state index in [0.29, 0.717) is 22.3 Å². The molecular formula is C14H22N4OS2. The predicted molar refractivity (Wildman–Crippen MR) is 86.2 cm³/mol. The van der Waals surface area contributed by atoms with Crippen molar-refractivity contribution in [2.45, 2.75) is 50.4 Å². The number of rotatable bonds is 4. The Kier molecular flexibility index (Phi) is 3.68. The second kappa shape index (κ2) is 5.12. The van der Waals surface area contributed by atoms with E-state index in [0.717, 1.165) is 16.7 Å². The zero-order valence-electron chi connectivity index (χ0n) is 12.7. The van der Waals surface area contributed by atoms with Gasteiger partial charge in [-0.2, -0.15) is 0 Å². The molecule has 0 aliphatic heterocycles.